The van der Waals surface area contributed by atoms with Crippen molar-refractivity contribution in [3.05, 3.63) is 132 Å². The minimum atomic E-state index is -1.05. The van der Waals surface area contributed by atoms with Gasteiger partial charge in [-0.1, -0.05) is 78.9 Å². The summed E-state index contributed by atoms with van der Waals surface area (Å²) < 4.78 is 11.4. The number of nitrogens with one attached hydrogen (secondary N) is 2. The van der Waals surface area contributed by atoms with Gasteiger partial charge in [-0.25, -0.2) is 14.7 Å². The van der Waals surface area contributed by atoms with Crippen LogP contribution in [0.2, 0.25) is 0 Å². The van der Waals surface area contributed by atoms with Crippen LogP contribution in [0.3, 0.4) is 0 Å². The number of nitrogens with two attached hydrogens (primary N) is 1. The Bertz CT molecular complexity index is 1660. The smallest absolute Gasteiger partial charge is 0.420 e. The molecule has 6 rings (SSSR count). The number of carbonyl (C=O) groups excluding carboxylic acids is 2. The molecule has 3 atom stereocenters. The molecule has 1 saturated heterocycles. The first-order chi connectivity index (χ1) is 22.0. The molecule has 0 aliphatic carbocycles. The summed E-state index contributed by atoms with van der Waals surface area (Å²) in [7, 11) is 1.27. The van der Waals surface area contributed by atoms with E-state index >= 15 is 0 Å². The number of hydrogen-bond acceptors (Lipinski definition) is 7. The van der Waals surface area contributed by atoms with Gasteiger partial charge in [0.2, 0.25) is 0 Å². The molecule has 0 radical (unpaired) electrons. The molecule has 0 spiro atoms. The zero-order valence-electron chi connectivity index (χ0n) is 25.1. The molecule has 0 unspecified atom stereocenters. The van der Waals surface area contributed by atoms with E-state index in [0.29, 0.717) is 31.7 Å². The number of anilines is 1. The first-order valence-electron chi connectivity index (χ1n) is 15.2. The molecule has 3 aromatic carbocycles. The number of aryl methyl sites for hydroxylation is 1. The van der Waals surface area contributed by atoms with E-state index in [1.165, 1.54) is 7.11 Å². The zero-order chi connectivity index (χ0) is 31.2. The number of aromatic nitrogens is 2. The van der Waals surface area contributed by atoms with E-state index in [2.05, 4.69) is 21.4 Å². The molecule has 2 aromatic heterocycles. The maximum absolute atomic E-state index is 14.2. The normalized spacial score (nSPS) is 17.2. The Labute approximate surface area is 262 Å². The highest BCUT2D eigenvalue weighted by Gasteiger charge is 2.36. The minimum absolute atomic E-state index is 0.0399. The van der Waals surface area contributed by atoms with E-state index in [0.717, 1.165) is 38.3 Å². The summed E-state index contributed by atoms with van der Waals surface area (Å²) in [6.45, 7) is 1.18. The van der Waals surface area contributed by atoms with Crippen molar-refractivity contribution in [2.45, 2.75) is 36.9 Å². The largest absolute Gasteiger partial charge is 0.452 e. The zero-order valence-corrected chi connectivity index (χ0v) is 25.1. The van der Waals surface area contributed by atoms with Gasteiger partial charge in [0.25, 0.3) is 5.91 Å². The average Bonchev–Trinajstić information content (AvgIpc) is 3.53. The second kappa shape index (κ2) is 13.9. The molecule has 2 amide bonds. The number of imide groups is 1. The molecule has 5 aromatic rings. The van der Waals surface area contributed by atoms with Crippen molar-refractivity contribution in [1.29, 1.82) is 0 Å². The number of carbonyl (C=O) groups is 2. The fourth-order valence-corrected chi connectivity index (χ4v) is 6.05. The van der Waals surface area contributed by atoms with Gasteiger partial charge in [0.15, 0.2) is 0 Å². The van der Waals surface area contributed by atoms with Crippen LogP contribution in [0.15, 0.2) is 109 Å². The van der Waals surface area contributed by atoms with Crippen LogP contribution >= 0.6 is 0 Å². The first kappa shape index (κ1) is 30.2. The van der Waals surface area contributed by atoms with Crippen LogP contribution in [0, 0.1) is 0 Å². The van der Waals surface area contributed by atoms with Crippen LogP contribution in [0.25, 0.3) is 11.0 Å². The number of pyridine rings is 1. The second-order valence-corrected chi connectivity index (χ2v) is 11.2. The molecular formula is C36H37N5O4. The fraction of sp³-hybridized carbons (Fsp3) is 0.250. The summed E-state index contributed by atoms with van der Waals surface area (Å²) >= 11 is 0. The van der Waals surface area contributed by atoms with Crippen molar-refractivity contribution in [3.8, 4) is 0 Å². The number of aromatic amines is 1. The summed E-state index contributed by atoms with van der Waals surface area (Å²) in [5.41, 5.74) is 11.7. The number of H-pyrrole nitrogens is 1. The van der Waals surface area contributed by atoms with E-state index < -0.39 is 24.0 Å². The van der Waals surface area contributed by atoms with Crippen molar-refractivity contribution in [2.75, 3.05) is 25.2 Å². The molecule has 1 fully saturated rings. The van der Waals surface area contributed by atoms with Crippen molar-refractivity contribution in [1.82, 2.24) is 15.3 Å². The Morgan fingerprint density at radius 3 is 2.31 bits per heavy atom. The molecule has 1 aliphatic rings. The highest BCUT2D eigenvalue weighted by Crippen LogP contribution is 2.31. The molecule has 0 saturated carbocycles. The topological polar surface area (TPSA) is 123 Å². The fourth-order valence-electron chi connectivity index (χ4n) is 6.05. The summed E-state index contributed by atoms with van der Waals surface area (Å²) in [6.07, 6.45) is 2.22. The molecule has 9 heteroatoms. The number of ether oxygens (including phenoxy) is 2. The van der Waals surface area contributed by atoms with Gasteiger partial charge in [0.1, 0.15) is 5.65 Å². The lowest BCUT2D eigenvalue weighted by molar-refractivity contribution is -0.119. The lowest BCUT2D eigenvalue weighted by Crippen LogP contribution is -2.50. The number of fused-ring (bicyclic) bond motifs is 1. The van der Waals surface area contributed by atoms with Gasteiger partial charge in [0, 0.05) is 29.7 Å². The third kappa shape index (κ3) is 6.66. The molecule has 45 heavy (non-hydrogen) atoms. The van der Waals surface area contributed by atoms with Crippen molar-refractivity contribution in [2.24, 2.45) is 5.73 Å². The van der Waals surface area contributed by atoms with Crippen LogP contribution in [0.1, 0.15) is 40.8 Å². The van der Waals surface area contributed by atoms with Crippen LogP contribution in [0.5, 0.6) is 0 Å². The molecule has 0 bridgehead atoms. The Morgan fingerprint density at radius 2 is 1.67 bits per heavy atom. The Hall–Kier alpha value is -4.83. The van der Waals surface area contributed by atoms with Crippen molar-refractivity contribution in [3.63, 3.8) is 0 Å². The summed E-state index contributed by atoms with van der Waals surface area (Å²) in [5, 5.41) is 4.65. The molecule has 3 heterocycles. The highest BCUT2D eigenvalue weighted by atomic mass is 16.5. The monoisotopic (exact) mass is 603 g/mol. The van der Waals surface area contributed by atoms with Gasteiger partial charge in [-0.3, -0.25) is 4.79 Å². The van der Waals surface area contributed by atoms with Crippen LogP contribution in [-0.2, 0) is 20.7 Å². The van der Waals surface area contributed by atoms with E-state index in [-0.39, 0.29) is 12.1 Å². The Morgan fingerprint density at radius 1 is 0.978 bits per heavy atom. The number of morpholine rings is 1. The molecular weight excluding hydrogens is 566 g/mol. The van der Waals surface area contributed by atoms with Gasteiger partial charge in [-0.2, -0.15) is 0 Å². The number of methoxy groups -OCH3 is 1. The van der Waals surface area contributed by atoms with E-state index in [1.807, 2.05) is 84.9 Å². The summed E-state index contributed by atoms with van der Waals surface area (Å²) in [5.74, 6) is -1.01. The van der Waals surface area contributed by atoms with Gasteiger partial charge in [-0.05, 0) is 53.8 Å². The number of rotatable bonds is 9. The van der Waals surface area contributed by atoms with Gasteiger partial charge in [-0.15, -0.1) is 0 Å². The Balaban J connectivity index is 1.18. The van der Waals surface area contributed by atoms with Crippen molar-refractivity contribution >= 4 is 28.7 Å². The van der Waals surface area contributed by atoms with E-state index in [4.69, 9.17) is 15.2 Å². The van der Waals surface area contributed by atoms with Crippen LogP contribution in [0.4, 0.5) is 10.5 Å². The highest BCUT2D eigenvalue weighted by molar-refractivity contribution is 6.15. The maximum atomic E-state index is 14.2. The first-order valence-corrected chi connectivity index (χ1v) is 15.2. The molecule has 4 N–H and O–H groups in total. The van der Waals surface area contributed by atoms with Crippen molar-refractivity contribution < 1.29 is 19.1 Å². The Kier molecular flexibility index (Phi) is 9.30. The summed E-state index contributed by atoms with van der Waals surface area (Å²) in [6, 6.07) is 31.7. The number of amides is 2. The lowest BCUT2D eigenvalue weighted by atomic mass is 9.84. The quantitative estimate of drug-likeness (QED) is 0.204. The van der Waals surface area contributed by atoms with Crippen LogP contribution < -0.4 is 16.0 Å². The molecule has 230 valence electrons. The number of nitrogens with zero attached hydrogens (tertiary/aromatic N) is 2. The maximum Gasteiger partial charge on any atom is 0.420 e. The van der Waals surface area contributed by atoms with Crippen LogP contribution in [-0.4, -0.2) is 54.4 Å². The third-order valence-electron chi connectivity index (χ3n) is 8.39. The standard InChI is InChI=1S/C36H37N5O4/c1-44-36(43)41(35(42)33(37)32(25-12-4-2-5-13-25)26-14-6-3-7-15-26)31-17-9-8-11-24(31)18-19-28-22-39-30(23-45-28)29-21-27-16-10-20-38-34(27)40-29/h2-17,20-21,28,30,32-33,39H,18-19,22-23,37H2,1H3,(H,38,40)/t28-,30+,33+/m1/s1. The van der Waals surface area contributed by atoms with E-state index in [1.54, 1.807) is 18.3 Å². The minimum Gasteiger partial charge on any atom is -0.452 e. The molecule has 9 nitrogen and oxygen atoms in total. The number of para-hydroxylation sites is 1. The predicted octanol–water partition coefficient (Wildman–Crippen LogP) is 5.48. The predicted molar refractivity (Wildman–Crippen MR) is 174 cm³/mol. The van der Waals surface area contributed by atoms with E-state index in [9.17, 15) is 9.59 Å². The molecule has 1 aliphatic heterocycles. The second-order valence-electron chi connectivity index (χ2n) is 11.2. The number of hydrogen-bond donors (Lipinski definition) is 3. The van der Waals surface area contributed by atoms with Gasteiger partial charge >= 0.3 is 6.09 Å². The van der Waals surface area contributed by atoms with Gasteiger partial charge in [0.05, 0.1) is 37.6 Å². The number of benzene rings is 3. The van der Waals surface area contributed by atoms with Gasteiger partial charge < -0.3 is 25.5 Å². The lowest BCUT2D eigenvalue weighted by Gasteiger charge is -2.31. The summed E-state index contributed by atoms with van der Waals surface area (Å²) in [4.78, 5) is 36.3. The third-order valence-corrected chi connectivity index (χ3v) is 8.39. The average molecular weight is 604 g/mol. The SMILES string of the molecule is COC(=O)N(C(=O)[C@@H](N)C(c1ccccc1)c1ccccc1)c1ccccc1CC[C@@H]1CN[C@H](c2cc3cccnc3[nH]2)CO1.